The molecule has 1 aromatic rings. The predicted molar refractivity (Wildman–Crippen MR) is 88.1 cm³/mol. The van der Waals surface area contributed by atoms with Gasteiger partial charge in [0.15, 0.2) is 0 Å². The van der Waals surface area contributed by atoms with E-state index in [9.17, 15) is 9.59 Å². The van der Waals surface area contributed by atoms with Gasteiger partial charge < -0.3 is 14.0 Å². The number of hydrogen-bond acceptors (Lipinski definition) is 5. The Morgan fingerprint density at radius 1 is 1.22 bits per heavy atom. The summed E-state index contributed by atoms with van der Waals surface area (Å²) in [5.41, 5.74) is -3.75. The molecule has 0 bridgehead atoms. The van der Waals surface area contributed by atoms with E-state index >= 15 is 0 Å². The number of hydrogen-bond donors (Lipinski definition) is 0. The van der Waals surface area contributed by atoms with Crippen LogP contribution in [0.25, 0.3) is 0 Å². The summed E-state index contributed by atoms with van der Waals surface area (Å²) in [6.07, 6.45) is -1.05. The van der Waals surface area contributed by atoms with Crippen LogP contribution in [0.3, 0.4) is 0 Å². The first-order valence-electron chi connectivity index (χ1n) is 8.91. The number of ether oxygens (including phenoxy) is 1. The summed E-state index contributed by atoms with van der Waals surface area (Å²) in [4.78, 5) is 25.1. The van der Waals surface area contributed by atoms with Gasteiger partial charge in [0.2, 0.25) is 0 Å². The lowest BCUT2D eigenvalue weighted by Gasteiger charge is -2.32. The summed E-state index contributed by atoms with van der Waals surface area (Å²) in [5, 5.41) is 0. The third-order valence-corrected chi connectivity index (χ3v) is 3.86. The maximum atomic E-state index is 12.6. The van der Waals surface area contributed by atoms with Gasteiger partial charge in [0, 0.05) is 6.04 Å². The number of pyridine rings is 1. The fourth-order valence-corrected chi connectivity index (χ4v) is 1.98. The van der Waals surface area contributed by atoms with Crippen molar-refractivity contribution < 1.29 is 23.0 Å². The molecule has 2 rings (SSSR count). The van der Waals surface area contributed by atoms with Crippen LogP contribution < -0.4 is 11.2 Å². The van der Waals surface area contributed by atoms with Crippen molar-refractivity contribution in [2.24, 2.45) is 0 Å². The van der Waals surface area contributed by atoms with E-state index in [1.807, 2.05) is 0 Å². The van der Waals surface area contributed by atoms with E-state index in [0.29, 0.717) is 4.57 Å². The Morgan fingerprint density at radius 2 is 1.74 bits per heavy atom. The van der Waals surface area contributed by atoms with Gasteiger partial charge in [-0.25, -0.2) is 9.36 Å². The lowest BCUT2D eigenvalue weighted by molar-refractivity contribution is 0.00578. The summed E-state index contributed by atoms with van der Waals surface area (Å²) in [6, 6.07) is -1.85. The number of aromatic nitrogens is 1. The molecule has 0 radical (unpaired) electrons. The van der Waals surface area contributed by atoms with Crippen LogP contribution in [0.2, 0.25) is 0 Å². The highest BCUT2D eigenvalue weighted by molar-refractivity contribution is 6.61. The molecule has 23 heavy (non-hydrogen) atoms. The fourth-order valence-electron chi connectivity index (χ4n) is 1.98. The van der Waals surface area contributed by atoms with Crippen molar-refractivity contribution in [2.75, 3.05) is 0 Å². The highest BCUT2D eigenvalue weighted by atomic mass is 16.7. The molecule has 1 aliphatic heterocycles. The van der Waals surface area contributed by atoms with Crippen molar-refractivity contribution in [3.05, 3.63) is 28.5 Å². The van der Waals surface area contributed by atoms with Crippen LogP contribution in [0, 0.1) is 0 Å². The van der Waals surface area contributed by atoms with Gasteiger partial charge in [-0.2, -0.15) is 0 Å². The van der Waals surface area contributed by atoms with Gasteiger partial charge in [0.1, 0.15) is 5.60 Å². The maximum Gasteiger partial charge on any atom is 0.513 e. The van der Waals surface area contributed by atoms with Gasteiger partial charge in [-0.15, -0.1) is 0 Å². The Morgan fingerprint density at radius 3 is 2.22 bits per heavy atom. The van der Waals surface area contributed by atoms with E-state index in [4.69, 9.17) is 18.2 Å². The zero-order valence-corrected chi connectivity index (χ0v) is 14.6. The third-order valence-electron chi connectivity index (χ3n) is 3.86. The normalized spacial score (nSPS) is 21.5. The van der Waals surface area contributed by atoms with Crippen LogP contribution in [-0.2, 0) is 14.0 Å². The van der Waals surface area contributed by atoms with E-state index in [1.54, 1.807) is 48.5 Å². The van der Waals surface area contributed by atoms with E-state index in [2.05, 4.69) is 0 Å². The Labute approximate surface area is 141 Å². The van der Waals surface area contributed by atoms with Gasteiger partial charge in [0.25, 0.3) is 5.56 Å². The number of carbonyl (C=O) groups is 1. The number of rotatable bonds is 1. The second kappa shape index (κ2) is 5.49. The van der Waals surface area contributed by atoms with Crippen molar-refractivity contribution in [2.45, 2.75) is 65.3 Å². The summed E-state index contributed by atoms with van der Waals surface area (Å²) < 4.78 is 41.3. The van der Waals surface area contributed by atoms with Crippen molar-refractivity contribution in [3.8, 4) is 0 Å². The molecule has 0 amide bonds. The number of nitrogens with zero attached hydrogens (tertiary/aromatic N) is 1. The lowest BCUT2D eigenvalue weighted by atomic mass is 9.83. The molecule has 0 unspecified atom stereocenters. The van der Waals surface area contributed by atoms with E-state index in [1.165, 1.54) is 0 Å². The Hall–Kier alpha value is -1.60. The molecule has 126 valence electrons. The minimum Gasteiger partial charge on any atom is -0.443 e. The first kappa shape index (κ1) is 13.8. The topological polar surface area (TPSA) is 66.8 Å². The standard InChI is InChI=1S/C16H24BNO5/c1-14(2,3)21-13(20)18-11(9-8-10-12(18)19)17-22-15(4,5)16(6,7)23-17/h8-10H,1-7H3/i8D,9D,10D. The Balaban J connectivity index is 2.70. The summed E-state index contributed by atoms with van der Waals surface area (Å²) in [5.74, 6) is 0. The molecular formula is C16H24BNO5. The van der Waals surface area contributed by atoms with Crippen molar-refractivity contribution in [1.82, 2.24) is 4.57 Å². The zero-order valence-electron chi connectivity index (χ0n) is 17.6. The lowest BCUT2D eigenvalue weighted by Crippen LogP contribution is -2.49. The molecule has 1 saturated heterocycles. The quantitative estimate of drug-likeness (QED) is 0.739. The summed E-state index contributed by atoms with van der Waals surface area (Å²) >= 11 is 0. The molecule has 6 nitrogen and oxygen atoms in total. The van der Waals surface area contributed by atoms with Gasteiger partial charge in [-0.3, -0.25) is 4.79 Å². The van der Waals surface area contributed by atoms with Crippen LogP contribution in [-0.4, -0.2) is 34.6 Å². The molecule has 0 saturated carbocycles. The third kappa shape index (κ3) is 3.51. The molecule has 0 aliphatic carbocycles. The Kier molecular flexibility index (Phi) is 3.30. The van der Waals surface area contributed by atoms with Crippen LogP contribution in [0.1, 0.15) is 52.6 Å². The molecule has 1 aliphatic rings. The van der Waals surface area contributed by atoms with E-state index < -0.39 is 53.7 Å². The van der Waals surface area contributed by atoms with Gasteiger partial charge in [-0.05, 0) is 54.5 Å². The maximum absolute atomic E-state index is 12.6. The summed E-state index contributed by atoms with van der Waals surface area (Å²) in [7, 11) is -1.22. The molecule has 0 aromatic carbocycles. The molecule has 0 spiro atoms. The second-order valence-corrected chi connectivity index (χ2v) is 7.47. The highest BCUT2D eigenvalue weighted by Gasteiger charge is 2.53. The molecule has 0 atom stereocenters. The van der Waals surface area contributed by atoms with Crippen molar-refractivity contribution in [3.63, 3.8) is 0 Å². The van der Waals surface area contributed by atoms with Crippen LogP contribution >= 0.6 is 0 Å². The Bertz CT molecular complexity index is 798. The number of carbonyl (C=O) groups excluding carboxylic acids is 1. The molecule has 1 fully saturated rings. The summed E-state index contributed by atoms with van der Waals surface area (Å²) in [6.45, 7) is 12.0. The van der Waals surface area contributed by atoms with Crippen LogP contribution in [0.5, 0.6) is 0 Å². The second-order valence-electron chi connectivity index (χ2n) is 7.47. The molecular weight excluding hydrogens is 297 g/mol. The fraction of sp³-hybridized carbons (Fsp3) is 0.625. The first-order valence-corrected chi connectivity index (χ1v) is 7.41. The smallest absolute Gasteiger partial charge is 0.443 e. The first-order chi connectivity index (χ1) is 11.6. The van der Waals surface area contributed by atoms with E-state index in [0.717, 1.165) is 0 Å². The molecule has 1 aromatic heterocycles. The van der Waals surface area contributed by atoms with Gasteiger partial charge in [0.05, 0.1) is 20.9 Å². The largest absolute Gasteiger partial charge is 0.513 e. The molecule has 0 N–H and O–H groups in total. The minimum absolute atomic E-state index is 0.246. The van der Waals surface area contributed by atoms with Gasteiger partial charge in [-0.1, -0.05) is 6.04 Å². The minimum atomic E-state index is -1.22. The van der Waals surface area contributed by atoms with Gasteiger partial charge >= 0.3 is 13.2 Å². The van der Waals surface area contributed by atoms with Crippen LogP contribution in [0.15, 0.2) is 22.9 Å². The SMILES string of the molecule is [2H]c1c([2H])c(B2OC(C)(C)C(C)(C)O2)n(C(=O)OC(C)(C)C)c(=O)c1[2H]. The van der Waals surface area contributed by atoms with E-state index in [-0.39, 0.29) is 5.59 Å². The van der Waals surface area contributed by atoms with Crippen molar-refractivity contribution in [1.29, 1.82) is 0 Å². The predicted octanol–water partition coefficient (Wildman–Crippen LogP) is 1.93. The molecule has 2 heterocycles. The molecule has 7 heteroatoms. The highest BCUT2D eigenvalue weighted by Crippen LogP contribution is 2.36. The van der Waals surface area contributed by atoms with Crippen molar-refractivity contribution >= 4 is 18.8 Å². The average Bonchev–Trinajstić information content (AvgIpc) is 2.66. The average molecular weight is 324 g/mol. The zero-order chi connectivity index (χ0) is 20.2. The van der Waals surface area contributed by atoms with Crippen LogP contribution in [0.4, 0.5) is 4.79 Å². The monoisotopic (exact) mass is 324 g/mol.